The summed E-state index contributed by atoms with van der Waals surface area (Å²) in [5.74, 6) is 0. The van der Waals surface area contributed by atoms with Gasteiger partial charge in [-0.15, -0.1) is 0 Å². The van der Waals surface area contributed by atoms with Crippen LogP contribution in [0.5, 0.6) is 0 Å². The SMILES string of the molecule is CN[C@@H]1CCN([S+](O)c2ccc(-c3ccc(C#N)cc3)nc2)C1. The van der Waals surface area contributed by atoms with Crippen molar-refractivity contribution in [3.8, 4) is 17.3 Å². The van der Waals surface area contributed by atoms with Crippen molar-refractivity contribution in [3.63, 3.8) is 0 Å². The molecule has 0 amide bonds. The molecular weight excluding hydrogens is 308 g/mol. The van der Waals surface area contributed by atoms with Gasteiger partial charge in [-0.05, 0) is 31.7 Å². The minimum atomic E-state index is -0.913. The Labute approximate surface area is 139 Å². The Morgan fingerprint density at radius 2 is 2.09 bits per heavy atom. The number of benzene rings is 1. The van der Waals surface area contributed by atoms with Gasteiger partial charge in [0.15, 0.2) is 0 Å². The van der Waals surface area contributed by atoms with Gasteiger partial charge in [0.1, 0.15) is 0 Å². The number of hydrogen-bond donors (Lipinski definition) is 2. The third-order valence-electron chi connectivity index (χ3n) is 4.06. The normalized spacial score (nSPS) is 19.4. The molecule has 5 nitrogen and oxygen atoms in total. The lowest BCUT2D eigenvalue weighted by molar-refractivity contribution is 0.478. The van der Waals surface area contributed by atoms with E-state index in [2.05, 4.69) is 20.7 Å². The highest BCUT2D eigenvalue weighted by Gasteiger charge is 2.37. The van der Waals surface area contributed by atoms with Crippen LogP contribution < -0.4 is 5.32 Å². The summed E-state index contributed by atoms with van der Waals surface area (Å²) in [6, 6.07) is 13.7. The van der Waals surface area contributed by atoms with Gasteiger partial charge in [-0.1, -0.05) is 16.4 Å². The molecular formula is C17H19N4OS+. The first-order chi connectivity index (χ1) is 11.2. The topological polar surface area (TPSA) is 72.2 Å². The number of pyridine rings is 1. The van der Waals surface area contributed by atoms with Crippen molar-refractivity contribution in [2.45, 2.75) is 17.4 Å². The van der Waals surface area contributed by atoms with E-state index in [1.807, 2.05) is 31.3 Å². The van der Waals surface area contributed by atoms with E-state index in [1.54, 1.807) is 18.3 Å². The third-order valence-corrected chi connectivity index (χ3v) is 5.54. The van der Waals surface area contributed by atoms with E-state index in [0.29, 0.717) is 11.6 Å². The third kappa shape index (κ3) is 3.54. The summed E-state index contributed by atoms with van der Waals surface area (Å²) in [5.41, 5.74) is 2.44. The molecule has 0 aliphatic carbocycles. The van der Waals surface area contributed by atoms with E-state index < -0.39 is 11.4 Å². The summed E-state index contributed by atoms with van der Waals surface area (Å²) in [7, 11) is 1.96. The molecule has 1 unspecified atom stereocenters. The molecule has 1 aliphatic heterocycles. The highest BCUT2D eigenvalue weighted by Crippen LogP contribution is 2.23. The minimum absolute atomic E-state index is 0.447. The molecule has 2 aromatic rings. The maximum atomic E-state index is 10.5. The first-order valence-corrected chi connectivity index (χ1v) is 8.67. The lowest BCUT2D eigenvalue weighted by atomic mass is 10.1. The van der Waals surface area contributed by atoms with Gasteiger partial charge >= 0.3 is 0 Å². The molecule has 0 bridgehead atoms. The molecule has 1 aromatic heterocycles. The molecule has 0 saturated carbocycles. The molecule has 6 heteroatoms. The molecule has 1 saturated heterocycles. The molecule has 2 atom stereocenters. The largest absolute Gasteiger partial charge is 0.315 e. The molecule has 23 heavy (non-hydrogen) atoms. The standard InChI is InChI=1S/C17H19N4OS/c1-19-15-8-9-21(12-15)23(22)16-6-7-17(20-11-16)14-4-2-13(10-18)3-5-14/h2-7,11,15,19,22H,8-9,12H2,1H3/q+1/t15-,23?/m1/s1. The van der Waals surface area contributed by atoms with Gasteiger partial charge < -0.3 is 5.32 Å². The number of rotatable bonds is 4. The van der Waals surface area contributed by atoms with Crippen LogP contribution in [0.3, 0.4) is 0 Å². The quantitative estimate of drug-likeness (QED) is 0.843. The summed E-state index contributed by atoms with van der Waals surface area (Å²) in [5, 5.41) is 12.1. The molecule has 118 valence electrons. The van der Waals surface area contributed by atoms with Crippen molar-refractivity contribution < 1.29 is 4.55 Å². The Hall–Kier alpha value is -1.91. The number of likely N-dealkylation sites (N-methyl/N-ethyl adjacent to an activating group) is 1. The Balaban J connectivity index is 1.72. The van der Waals surface area contributed by atoms with Crippen molar-refractivity contribution in [1.82, 2.24) is 14.6 Å². The molecule has 2 N–H and O–H groups in total. The first kappa shape index (κ1) is 16.0. The van der Waals surface area contributed by atoms with Crippen LogP contribution in [0, 0.1) is 11.3 Å². The van der Waals surface area contributed by atoms with Gasteiger partial charge in [0.05, 0.1) is 30.1 Å². The molecule has 1 aliphatic rings. The molecule has 1 fully saturated rings. The van der Waals surface area contributed by atoms with Crippen LogP contribution in [-0.4, -0.2) is 40.0 Å². The van der Waals surface area contributed by atoms with Crippen molar-refractivity contribution in [3.05, 3.63) is 48.2 Å². The zero-order valence-electron chi connectivity index (χ0n) is 12.9. The van der Waals surface area contributed by atoms with Crippen LogP contribution in [0.25, 0.3) is 11.3 Å². The summed E-state index contributed by atoms with van der Waals surface area (Å²) in [4.78, 5) is 5.29. The molecule has 0 spiro atoms. The van der Waals surface area contributed by atoms with Crippen LogP contribution in [0.2, 0.25) is 0 Å². The highest BCUT2D eigenvalue weighted by atomic mass is 32.2. The fourth-order valence-corrected chi connectivity index (χ4v) is 3.88. The number of nitrogens with one attached hydrogen (secondary N) is 1. The number of aromatic nitrogens is 1. The monoisotopic (exact) mass is 327 g/mol. The maximum absolute atomic E-state index is 10.5. The van der Waals surface area contributed by atoms with Crippen molar-refractivity contribution >= 4 is 11.4 Å². The van der Waals surface area contributed by atoms with Gasteiger partial charge in [-0.2, -0.15) is 9.81 Å². The lowest BCUT2D eigenvalue weighted by Gasteiger charge is -2.10. The van der Waals surface area contributed by atoms with Crippen LogP contribution >= 0.6 is 0 Å². The van der Waals surface area contributed by atoms with Crippen LogP contribution in [0.4, 0.5) is 0 Å². The Kier molecular flexibility index (Phi) is 4.94. The van der Waals surface area contributed by atoms with Crippen LogP contribution in [-0.2, 0) is 11.4 Å². The van der Waals surface area contributed by atoms with E-state index >= 15 is 0 Å². The highest BCUT2D eigenvalue weighted by molar-refractivity contribution is 7.89. The second-order valence-corrected chi connectivity index (χ2v) is 7.01. The predicted octanol–water partition coefficient (Wildman–Crippen LogP) is 2.28. The van der Waals surface area contributed by atoms with Gasteiger partial charge in [0.2, 0.25) is 4.90 Å². The zero-order valence-corrected chi connectivity index (χ0v) is 13.8. The number of hydrogen-bond acceptors (Lipinski definition) is 5. The summed E-state index contributed by atoms with van der Waals surface area (Å²) in [6.07, 6.45) is 2.79. The van der Waals surface area contributed by atoms with Gasteiger partial charge in [0, 0.05) is 24.2 Å². The average Bonchev–Trinajstić information content (AvgIpc) is 3.10. The number of nitriles is 1. The van der Waals surface area contributed by atoms with E-state index in [4.69, 9.17) is 5.26 Å². The molecule has 1 aromatic carbocycles. The maximum Gasteiger partial charge on any atom is 0.279 e. The fourth-order valence-electron chi connectivity index (χ4n) is 2.64. The van der Waals surface area contributed by atoms with E-state index in [0.717, 1.165) is 35.7 Å². The molecule has 0 radical (unpaired) electrons. The summed E-state index contributed by atoms with van der Waals surface area (Å²) < 4.78 is 12.6. The van der Waals surface area contributed by atoms with Crippen molar-refractivity contribution in [2.75, 3.05) is 20.1 Å². The first-order valence-electron chi connectivity index (χ1n) is 7.53. The molecule has 3 rings (SSSR count). The fraction of sp³-hybridized carbons (Fsp3) is 0.294. The Bertz CT molecular complexity index is 696. The Morgan fingerprint density at radius 1 is 1.30 bits per heavy atom. The van der Waals surface area contributed by atoms with E-state index in [9.17, 15) is 4.55 Å². The summed E-state index contributed by atoms with van der Waals surface area (Å²) >= 11 is -0.913. The van der Waals surface area contributed by atoms with Gasteiger partial charge in [-0.25, -0.2) is 0 Å². The Morgan fingerprint density at radius 3 is 2.65 bits per heavy atom. The van der Waals surface area contributed by atoms with Gasteiger partial charge in [0.25, 0.3) is 11.4 Å². The molecule has 2 heterocycles. The van der Waals surface area contributed by atoms with Crippen molar-refractivity contribution in [2.24, 2.45) is 0 Å². The smallest absolute Gasteiger partial charge is 0.279 e. The van der Waals surface area contributed by atoms with Crippen LogP contribution in [0.1, 0.15) is 12.0 Å². The summed E-state index contributed by atoms with van der Waals surface area (Å²) in [6.45, 7) is 1.75. The lowest BCUT2D eigenvalue weighted by Crippen LogP contribution is -2.33. The number of nitrogens with zero attached hydrogens (tertiary/aromatic N) is 3. The second-order valence-electron chi connectivity index (χ2n) is 5.49. The average molecular weight is 327 g/mol. The second kappa shape index (κ2) is 7.11. The van der Waals surface area contributed by atoms with E-state index in [1.165, 1.54) is 0 Å². The zero-order chi connectivity index (χ0) is 16.2. The van der Waals surface area contributed by atoms with Gasteiger partial charge in [-0.3, -0.25) is 4.98 Å². The predicted molar refractivity (Wildman–Crippen MR) is 91.7 cm³/mol. The van der Waals surface area contributed by atoms with E-state index in [-0.39, 0.29) is 0 Å². The van der Waals surface area contributed by atoms with Crippen LogP contribution in [0.15, 0.2) is 47.5 Å². The minimum Gasteiger partial charge on any atom is -0.315 e. The van der Waals surface area contributed by atoms with Crippen molar-refractivity contribution in [1.29, 1.82) is 5.26 Å².